The Kier molecular flexibility index (Phi) is 6.33. The Labute approximate surface area is 188 Å². The number of halogens is 3. The minimum Gasteiger partial charge on any atom is -0.368 e. The number of non-ortho nitro benzene ring substituents is 1. The van der Waals surface area contributed by atoms with E-state index in [0.717, 1.165) is 16.8 Å². The summed E-state index contributed by atoms with van der Waals surface area (Å²) < 4.78 is 40.5. The second-order valence-corrected chi connectivity index (χ2v) is 8.02. The van der Waals surface area contributed by atoms with Gasteiger partial charge in [-0.15, -0.1) is 0 Å². The summed E-state index contributed by atoms with van der Waals surface area (Å²) in [5.41, 5.74) is -0.999. The zero-order valence-electron chi connectivity index (χ0n) is 17.7. The molecule has 0 bridgehead atoms. The molecular formula is C24H22F3N3O3. The van der Waals surface area contributed by atoms with Gasteiger partial charge in [0.15, 0.2) is 5.78 Å². The molecule has 6 nitrogen and oxygen atoms in total. The zero-order chi connectivity index (χ0) is 23.6. The molecule has 0 aromatic heterocycles. The molecule has 0 radical (unpaired) electrons. The van der Waals surface area contributed by atoms with Gasteiger partial charge in [-0.2, -0.15) is 13.2 Å². The number of fused-ring (bicyclic) bond motifs is 1. The van der Waals surface area contributed by atoms with Crippen LogP contribution in [0.1, 0.15) is 22.3 Å². The lowest BCUT2D eigenvalue weighted by Crippen LogP contribution is -2.47. The van der Waals surface area contributed by atoms with Gasteiger partial charge in [-0.25, -0.2) is 0 Å². The summed E-state index contributed by atoms with van der Waals surface area (Å²) in [6, 6.07) is 16.3. The van der Waals surface area contributed by atoms with Gasteiger partial charge in [0.05, 0.1) is 10.5 Å². The summed E-state index contributed by atoms with van der Waals surface area (Å²) >= 11 is 0. The minimum atomic E-state index is -4.69. The molecule has 172 valence electrons. The third-order valence-corrected chi connectivity index (χ3v) is 5.94. The van der Waals surface area contributed by atoms with Gasteiger partial charge in [-0.3, -0.25) is 19.8 Å². The van der Waals surface area contributed by atoms with Gasteiger partial charge in [-0.05, 0) is 22.9 Å². The van der Waals surface area contributed by atoms with E-state index >= 15 is 0 Å². The summed E-state index contributed by atoms with van der Waals surface area (Å²) in [6.45, 7) is 2.20. The first-order chi connectivity index (χ1) is 15.7. The number of hydrogen-bond donors (Lipinski definition) is 0. The molecule has 1 saturated heterocycles. The molecule has 3 aromatic rings. The molecule has 0 atom stereocenters. The zero-order valence-corrected chi connectivity index (χ0v) is 17.7. The monoisotopic (exact) mass is 457 g/mol. The van der Waals surface area contributed by atoms with E-state index in [9.17, 15) is 28.1 Å². The van der Waals surface area contributed by atoms with Crippen molar-refractivity contribution < 1.29 is 22.9 Å². The van der Waals surface area contributed by atoms with Crippen LogP contribution in [0.25, 0.3) is 10.8 Å². The van der Waals surface area contributed by atoms with Gasteiger partial charge in [-0.1, -0.05) is 36.4 Å². The molecule has 1 heterocycles. The van der Waals surface area contributed by atoms with Crippen molar-refractivity contribution in [2.45, 2.75) is 12.6 Å². The predicted molar refractivity (Wildman–Crippen MR) is 120 cm³/mol. The molecule has 0 aliphatic carbocycles. The number of hydrogen-bond acceptors (Lipinski definition) is 5. The molecule has 1 aliphatic heterocycles. The van der Waals surface area contributed by atoms with E-state index in [1.165, 1.54) is 6.07 Å². The second kappa shape index (κ2) is 9.19. The Morgan fingerprint density at radius 3 is 2.30 bits per heavy atom. The minimum absolute atomic E-state index is 0.0258. The average Bonchev–Trinajstić information content (AvgIpc) is 2.81. The van der Waals surface area contributed by atoms with Crippen molar-refractivity contribution in [1.82, 2.24) is 4.90 Å². The number of carbonyl (C=O) groups excluding carboxylic acids is 1. The summed E-state index contributed by atoms with van der Waals surface area (Å²) in [5, 5.41) is 13.0. The fraction of sp³-hybridized carbons (Fsp3) is 0.292. The number of nitrogens with zero attached hydrogens (tertiary/aromatic N) is 3. The Bertz CT molecular complexity index is 1190. The Morgan fingerprint density at radius 2 is 1.64 bits per heavy atom. The van der Waals surface area contributed by atoms with Crippen LogP contribution in [-0.4, -0.2) is 48.3 Å². The van der Waals surface area contributed by atoms with Crippen LogP contribution >= 0.6 is 0 Å². The van der Waals surface area contributed by atoms with Crippen molar-refractivity contribution in [2.24, 2.45) is 0 Å². The fourth-order valence-corrected chi connectivity index (χ4v) is 4.12. The molecule has 1 aliphatic rings. The maximum Gasteiger partial charge on any atom is 0.418 e. The van der Waals surface area contributed by atoms with Crippen molar-refractivity contribution in [2.75, 3.05) is 37.6 Å². The lowest BCUT2D eigenvalue weighted by Gasteiger charge is -2.37. The van der Waals surface area contributed by atoms with Crippen molar-refractivity contribution in [3.05, 3.63) is 81.9 Å². The lowest BCUT2D eigenvalue weighted by molar-refractivity contribution is -0.385. The summed E-state index contributed by atoms with van der Waals surface area (Å²) in [4.78, 5) is 26.3. The maximum atomic E-state index is 13.5. The molecule has 33 heavy (non-hydrogen) atoms. The number of benzene rings is 3. The number of nitro benzene ring substituents is 1. The number of ketones is 1. The van der Waals surface area contributed by atoms with Crippen LogP contribution < -0.4 is 4.90 Å². The Morgan fingerprint density at radius 1 is 0.939 bits per heavy atom. The summed E-state index contributed by atoms with van der Waals surface area (Å²) in [5.74, 6) is 0.0258. The second-order valence-electron chi connectivity index (χ2n) is 8.02. The molecule has 4 rings (SSSR count). The van der Waals surface area contributed by atoms with Gasteiger partial charge in [0.25, 0.3) is 5.69 Å². The SMILES string of the molecule is O=C(CCN1CCN(c2ccc([N+](=O)[O-])cc2C(F)(F)F)CC1)c1ccc2ccccc2c1. The Hall–Kier alpha value is -3.46. The summed E-state index contributed by atoms with van der Waals surface area (Å²) in [6.07, 6.45) is -4.37. The molecule has 9 heteroatoms. The number of piperazine rings is 1. The van der Waals surface area contributed by atoms with Gasteiger partial charge in [0, 0.05) is 62.5 Å². The maximum absolute atomic E-state index is 13.5. The Balaban J connectivity index is 1.37. The van der Waals surface area contributed by atoms with Gasteiger partial charge < -0.3 is 4.90 Å². The molecule has 1 fully saturated rings. The first kappa shape index (κ1) is 22.7. The molecule has 0 N–H and O–H groups in total. The first-order valence-electron chi connectivity index (χ1n) is 10.6. The highest BCUT2D eigenvalue weighted by molar-refractivity contribution is 6.00. The predicted octanol–water partition coefficient (Wildman–Crippen LogP) is 5.16. The third-order valence-electron chi connectivity index (χ3n) is 5.94. The number of Topliss-reactive ketones (excluding diaryl/α,β-unsaturated/α-hetero) is 1. The van der Waals surface area contributed by atoms with E-state index in [1.807, 2.05) is 47.4 Å². The van der Waals surface area contributed by atoms with E-state index in [-0.39, 0.29) is 11.5 Å². The smallest absolute Gasteiger partial charge is 0.368 e. The number of rotatable bonds is 6. The van der Waals surface area contributed by atoms with Gasteiger partial charge in [0.2, 0.25) is 0 Å². The highest BCUT2D eigenvalue weighted by Gasteiger charge is 2.37. The van der Waals surface area contributed by atoms with Crippen LogP contribution in [0.5, 0.6) is 0 Å². The molecule has 0 spiro atoms. The van der Waals surface area contributed by atoms with Crippen LogP contribution in [0.3, 0.4) is 0 Å². The van der Waals surface area contributed by atoms with E-state index in [1.54, 1.807) is 4.90 Å². The molecule has 0 saturated carbocycles. The van der Waals surface area contributed by atoms with Gasteiger partial charge in [0.1, 0.15) is 0 Å². The molecule has 3 aromatic carbocycles. The number of alkyl halides is 3. The van der Waals surface area contributed by atoms with Crippen molar-refractivity contribution in [3.63, 3.8) is 0 Å². The number of anilines is 1. The standard InChI is InChI=1S/C24H22F3N3O3/c25-24(26,27)21-16-20(30(32)33)7-8-22(21)29-13-11-28(12-14-29)10-9-23(31)19-6-5-17-3-1-2-4-18(17)15-19/h1-8,15-16H,9-14H2. The van der Waals surface area contributed by atoms with Crippen molar-refractivity contribution in [1.29, 1.82) is 0 Å². The lowest BCUT2D eigenvalue weighted by atomic mass is 10.0. The summed E-state index contributed by atoms with van der Waals surface area (Å²) in [7, 11) is 0. The van der Waals surface area contributed by atoms with Crippen LogP contribution in [0, 0.1) is 10.1 Å². The third kappa shape index (κ3) is 5.14. The molecular weight excluding hydrogens is 435 g/mol. The number of carbonyl (C=O) groups is 1. The highest BCUT2D eigenvalue weighted by atomic mass is 19.4. The van der Waals surface area contributed by atoms with Crippen LogP contribution in [0.4, 0.5) is 24.5 Å². The number of nitro groups is 1. The van der Waals surface area contributed by atoms with E-state index in [0.29, 0.717) is 50.8 Å². The average molecular weight is 457 g/mol. The van der Waals surface area contributed by atoms with Crippen molar-refractivity contribution >= 4 is 27.9 Å². The van der Waals surface area contributed by atoms with E-state index < -0.39 is 22.4 Å². The van der Waals surface area contributed by atoms with Crippen molar-refractivity contribution in [3.8, 4) is 0 Å². The fourth-order valence-electron chi connectivity index (χ4n) is 4.12. The van der Waals surface area contributed by atoms with E-state index in [4.69, 9.17) is 0 Å². The topological polar surface area (TPSA) is 66.7 Å². The normalized spacial score (nSPS) is 15.1. The van der Waals surface area contributed by atoms with E-state index in [2.05, 4.69) is 0 Å². The molecule has 0 amide bonds. The first-order valence-corrected chi connectivity index (χ1v) is 10.6. The van der Waals surface area contributed by atoms with Crippen LogP contribution in [-0.2, 0) is 6.18 Å². The molecule has 0 unspecified atom stereocenters. The van der Waals surface area contributed by atoms with Gasteiger partial charge >= 0.3 is 6.18 Å². The quantitative estimate of drug-likeness (QED) is 0.291. The van der Waals surface area contributed by atoms with Crippen LogP contribution in [0.15, 0.2) is 60.7 Å². The highest BCUT2D eigenvalue weighted by Crippen LogP contribution is 2.39. The van der Waals surface area contributed by atoms with Crippen LogP contribution in [0.2, 0.25) is 0 Å². The largest absolute Gasteiger partial charge is 0.418 e.